The zero-order valence-corrected chi connectivity index (χ0v) is 15.3. The van der Waals surface area contributed by atoms with E-state index in [0.717, 1.165) is 40.6 Å². The van der Waals surface area contributed by atoms with E-state index in [9.17, 15) is 14.7 Å². The SMILES string of the molecule is COCCC(NC(=O)c1cc(C2CC2)nc2c(C)cc(C)cc12)C(=O)O. The van der Waals surface area contributed by atoms with Crippen LogP contribution in [-0.2, 0) is 9.53 Å². The molecule has 1 fully saturated rings. The van der Waals surface area contributed by atoms with E-state index in [4.69, 9.17) is 9.72 Å². The summed E-state index contributed by atoms with van der Waals surface area (Å²) in [5.41, 5.74) is 4.28. The Kier molecular flexibility index (Phi) is 5.23. The molecule has 2 N–H and O–H groups in total. The van der Waals surface area contributed by atoms with Crippen LogP contribution in [0.5, 0.6) is 0 Å². The van der Waals surface area contributed by atoms with Gasteiger partial charge in [0.05, 0.1) is 11.1 Å². The number of pyridine rings is 1. The number of rotatable bonds is 7. The van der Waals surface area contributed by atoms with E-state index < -0.39 is 12.0 Å². The van der Waals surface area contributed by atoms with E-state index >= 15 is 0 Å². The van der Waals surface area contributed by atoms with E-state index in [0.29, 0.717) is 11.5 Å². The van der Waals surface area contributed by atoms with Crippen LogP contribution in [0, 0.1) is 13.8 Å². The third-order valence-electron chi connectivity index (χ3n) is 4.72. The van der Waals surface area contributed by atoms with Crippen molar-refractivity contribution in [2.24, 2.45) is 0 Å². The molecule has 1 aliphatic rings. The van der Waals surface area contributed by atoms with Crippen molar-refractivity contribution in [3.63, 3.8) is 0 Å². The van der Waals surface area contributed by atoms with E-state index in [2.05, 4.69) is 5.32 Å². The van der Waals surface area contributed by atoms with Gasteiger partial charge in [-0.15, -0.1) is 0 Å². The maximum atomic E-state index is 12.9. The number of fused-ring (bicyclic) bond motifs is 1. The van der Waals surface area contributed by atoms with E-state index in [-0.39, 0.29) is 18.9 Å². The monoisotopic (exact) mass is 356 g/mol. The van der Waals surface area contributed by atoms with Crippen LogP contribution in [0.1, 0.15) is 52.4 Å². The Morgan fingerprint density at radius 3 is 2.65 bits per heavy atom. The predicted molar refractivity (Wildman–Crippen MR) is 98.6 cm³/mol. The number of aliphatic carboxylic acids is 1. The van der Waals surface area contributed by atoms with Crippen LogP contribution in [0.4, 0.5) is 0 Å². The number of methoxy groups -OCH3 is 1. The molecule has 0 bridgehead atoms. The summed E-state index contributed by atoms with van der Waals surface area (Å²) in [4.78, 5) is 29.1. The lowest BCUT2D eigenvalue weighted by atomic mass is 10.00. The maximum Gasteiger partial charge on any atom is 0.326 e. The Morgan fingerprint density at radius 2 is 2.04 bits per heavy atom. The van der Waals surface area contributed by atoms with Gasteiger partial charge in [-0.25, -0.2) is 4.79 Å². The van der Waals surface area contributed by atoms with Crippen LogP contribution < -0.4 is 5.32 Å². The molecule has 0 aliphatic heterocycles. The molecule has 3 rings (SSSR count). The highest BCUT2D eigenvalue weighted by atomic mass is 16.5. The molecule has 1 aliphatic carbocycles. The number of nitrogens with one attached hydrogen (secondary N) is 1. The van der Waals surface area contributed by atoms with Gasteiger partial charge in [0.25, 0.3) is 5.91 Å². The van der Waals surface area contributed by atoms with Gasteiger partial charge in [0.1, 0.15) is 6.04 Å². The average molecular weight is 356 g/mol. The molecule has 26 heavy (non-hydrogen) atoms. The molecule has 1 aromatic heterocycles. The molecule has 1 amide bonds. The number of nitrogens with zero attached hydrogens (tertiary/aromatic N) is 1. The van der Waals surface area contributed by atoms with Gasteiger partial charge >= 0.3 is 5.97 Å². The molecule has 2 aromatic rings. The van der Waals surface area contributed by atoms with Crippen molar-refractivity contribution in [1.82, 2.24) is 10.3 Å². The quantitative estimate of drug-likeness (QED) is 0.796. The number of ether oxygens (including phenoxy) is 1. The smallest absolute Gasteiger partial charge is 0.326 e. The third kappa shape index (κ3) is 3.85. The Balaban J connectivity index is 2.01. The predicted octanol–water partition coefficient (Wildman–Crippen LogP) is 2.95. The van der Waals surface area contributed by atoms with Gasteiger partial charge in [0, 0.05) is 37.1 Å². The molecule has 6 heteroatoms. The van der Waals surface area contributed by atoms with E-state index in [1.54, 1.807) is 0 Å². The fourth-order valence-electron chi connectivity index (χ4n) is 3.21. The number of hydrogen-bond acceptors (Lipinski definition) is 4. The molecule has 0 radical (unpaired) electrons. The number of carbonyl (C=O) groups is 2. The number of carbonyl (C=O) groups excluding carboxylic acids is 1. The molecule has 0 spiro atoms. The number of hydrogen-bond donors (Lipinski definition) is 2. The van der Waals surface area contributed by atoms with Crippen LogP contribution >= 0.6 is 0 Å². The molecule has 6 nitrogen and oxygen atoms in total. The summed E-state index contributed by atoms with van der Waals surface area (Å²) in [6, 6.07) is 4.82. The third-order valence-corrected chi connectivity index (χ3v) is 4.72. The first kappa shape index (κ1) is 18.3. The number of amides is 1. The minimum Gasteiger partial charge on any atom is -0.480 e. The molecule has 1 heterocycles. The first-order chi connectivity index (χ1) is 12.4. The summed E-state index contributed by atoms with van der Waals surface area (Å²) >= 11 is 0. The van der Waals surface area contributed by atoms with Crippen LogP contribution in [-0.4, -0.2) is 41.7 Å². The minimum atomic E-state index is -1.07. The standard InChI is InChI=1S/C20H24N2O4/c1-11-8-12(2)18-14(9-11)15(10-17(21-18)13-4-5-13)19(23)22-16(20(24)25)6-7-26-3/h8-10,13,16H,4-7H2,1-3H3,(H,22,23)(H,24,25). The molecule has 1 saturated carbocycles. The Hall–Kier alpha value is -2.47. The van der Waals surface area contributed by atoms with Gasteiger partial charge < -0.3 is 15.2 Å². The van der Waals surface area contributed by atoms with Crippen LogP contribution in [0.15, 0.2) is 18.2 Å². The fourth-order valence-corrected chi connectivity index (χ4v) is 3.21. The fraction of sp³-hybridized carbons (Fsp3) is 0.450. The van der Waals surface area contributed by atoms with Gasteiger partial charge in [-0.1, -0.05) is 11.6 Å². The van der Waals surface area contributed by atoms with Crippen molar-refractivity contribution in [2.45, 2.75) is 45.1 Å². The number of aryl methyl sites for hydroxylation is 2. The highest BCUT2D eigenvalue weighted by molar-refractivity contribution is 6.08. The number of benzene rings is 1. The second kappa shape index (κ2) is 7.41. The molecule has 1 aromatic carbocycles. The number of aromatic nitrogens is 1. The van der Waals surface area contributed by atoms with Gasteiger partial charge in [0.15, 0.2) is 0 Å². The lowest BCUT2D eigenvalue weighted by molar-refractivity contribution is -0.139. The van der Waals surface area contributed by atoms with Gasteiger partial charge in [-0.2, -0.15) is 0 Å². The van der Waals surface area contributed by atoms with Crippen molar-refractivity contribution < 1.29 is 19.4 Å². The lowest BCUT2D eigenvalue weighted by Crippen LogP contribution is -2.41. The second-order valence-corrected chi connectivity index (χ2v) is 6.99. The van der Waals surface area contributed by atoms with Crippen molar-refractivity contribution in [3.8, 4) is 0 Å². The summed E-state index contributed by atoms with van der Waals surface area (Å²) in [7, 11) is 1.50. The Morgan fingerprint density at radius 1 is 1.31 bits per heavy atom. The zero-order valence-electron chi connectivity index (χ0n) is 15.3. The lowest BCUT2D eigenvalue weighted by Gasteiger charge is -2.16. The molecular formula is C20H24N2O4. The Bertz CT molecular complexity index is 859. The normalized spacial score (nSPS) is 15.0. The van der Waals surface area contributed by atoms with Crippen molar-refractivity contribution >= 4 is 22.8 Å². The van der Waals surface area contributed by atoms with Gasteiger partial charge in [-0.05, 0) is 44.4 Å². The first-order valence-electron chi connectivity index (χ1n) is 8.85. The molecular weight excluding hydrogens is 332 g/mol. The highest BCUT2D eigenvalue weighted by Gasteiger charge is 2.28. The zero-order chi connectivity index (χ0) is 18.8. The molecule has 138 valence electrons. The van der Waals surface area contributed by atoms with Crippen LogP contribution in [0.2, 0.25) is 0 Å². The number of carboxylic acid groups (broad SMARTS) is 1. The summed E-state index contributed by atoms with van der Waals surface area (Å²) in [5.74, 6) is -1.05. The molecule has 0 saturated heterocycles. The average Bonchev–Trinajstić information content (AvgIpc) is 3.42. The first-order valence-corrected chi connectivity index (χ1v) is 8.85. The summed E-state index contributed by atoms with van der Waals surface area (Å²) in [6.07, 6.45) is 2.38. The van der Waals surface area contributed by atoms with Crippen molar-refractivity contribution in [3.05, 3.63) is 40.6 Å². The van der Waals surface area contributed by atoms with E-state index in [1.165, 1.54) is 7.11 Å². The largest absolute Gasteiger partial charge is 0.480 e. The number of carboxylic acids is 1. The van der Waals surface area contributed by atoms with Crippen molar-refractivity contribution in [2.75, 3.05) is 13.7 Å². The summed E-state index contributed by atoms with van der Waals surface area (Å²) in [6.45, 7) is 4.22. The molecule has 1 atom stereocenters. The highest BCUT2D eigenvalue weighted by Crippen LogP contribution is 2.40. The second-order valence-electron chi connectivity index (χ2n) is 6.99. The summed E-state index contributed by atoms with van der Waals surface area (Å²) in [5, 5.41) is 12.8. The summed E-state index contributed by atoms with van der Waals surface area (Å²) < 4.78 is 4.95. The van der Waals surface area contributed by atoms with Crippen LogP contribution in [0.25, 0.3) is 10.9 Å². The van der Waals surface area contributed by atoms with Gasteiger partial charge in [-0.3, -0.25) is 9.78 Å². The van der Waals surface area contributed by atoms with Gasteiger partial charge in [0.2, 0.25) is 0 Å². The maximum absolute atomic E-state index is 12.9. The molecule has 1 unspecified atom stereocenters. The Labute approximate surface area is 152 Å². The van der Waals surface area contributed by atoms with Crippen molar-refractivity contribution in [1.29, 1.82) is 0 Å². The van der Waals surface area contributed by atoms with E-state index in [1.807, 2.05) is 32.0 Å². The van der Waals surface area contributed by atoms with Crippen LogP contribution in [0.3, 0.4) is 0 Å². The topological polar surface area (TPSA) is 88.5 Å². The minimum absolute atomic E-state index is 0.216.